The summed E-state index contributed by atoms with van der Waals surface area (Å²) in [5.74, 6) is -0.152. The predicted molar refractivity (Wildman–Crippen MR) is 126 cm³/mol. The van der Waals surface area contributed by atoms with Crippen LogP contribution in [0.2, 0.25) is 0 Å². The van der Waals surface area contributed by atoms with Crippen LogP contribution in [0.5, 0.6) is 5.75 Å². The maximum atomic E-state index is 13.8. The number of aromatic nitrogens is 2. The first-order chi connectivity index (χ1) is 15.7. The van der Waals surface area contributed by atoms with Crippen molar-refractivity contribution in [2.45, 2.75) is 11.8 Å². The molecular formula is C24H23N3O5S. The van der Waals surface area contributed by atoms with Gasteiger partial charge in [-0.15, -0.1) is 0 Å². The van der Waals surface area contributed by atoms with Gasteiger partial charge in [-0.1, -0.05) is 18.2 Å². The molecule has 170 valence electrons. The number of hydrogen-bond acceptors (Lipinski definition) is 5. The smallest absolute Gasteiger partial charge is 0.328 e. The van der Waals surface area contributed by atoms with Gasteiger partial charge in [-0.3, -0.25) is 13.9 Å². The molecule has 33 heavy (non-hydrogen) atoms. The number of carbonyl (C=O) groups excluding carboxylic acids is 1. The number of sulfonamides is 1. The van der Waals surface area contributed by atoms with Crippen LogP contribution in [0, 0.1) is 6.92 Å². The summed E-state index contributed by atoms with van der Waals surface area (Å²) < 4.78 is 36.4. The summed E-state index contributed by atoms with van der Waals surface area (Å²) in [5, 5.41) is 0. The third-order valence-electron chi connectivity index (χ3n) is 5.65. The van der Waals surface area contributed by atoms with Crippen LogP contribution in [0.25, 0.3) is 11.0 Å². The maximum Gasteiger partial charge on any atom is 0.328 e. The van der Waals surface area contributed by atoms with Crippen LogP contribution >= 0.6 is 0 Å². The Bertz CT molecular complexity index is 1530. The Hall–Kier alpha value is -3.85. The SMILES string of the molecule is COc1ccc(N(C(=O)c2ccccc2C)S(=O)(=O)c2ccc3c(c2)n(C)c(=O)n3C)cc1. The molecular weight excluding hydrogens is 442 g/mol. The van der Waals surface area contributed by atoms with Crippen molar-refractivity contribution in [2.24, 2.45) is 14.1 Å². The average molecular weight is 466 g/mol. The Morgan fingerprint density at radius 1 is 0.909 bits per heavy atom. The number of imidazole rings is 1. The van der Waals surface area contributed by atoms with Crippen LogP contribution in [0.3, 0.4) is 0 Å². The van der Waals surface area contributed by atoms with E-state index in [2.05, 4.69) is 0 Å². The highest BCUT2D eigenvalue weighted by Gasteiger charge is 2.33. The van der Waals surface area contributed by atoms with Gasteiger partial charge in [-0.2, -0.15) is 4.31 Å². The van der Waals surface area contributed by atoms with Crippen molar-refractivity contribution in [3.63, 3.8) is 0 Å². The molecule has 0 radical (unpaired) electrons. The number of carbonyl (C=O) groups is 1. The third-order valence-corrected chi connectivity index (χ3v) is 7.36. The number of ether oxygens (including phenoxy) is 1. The van der Waals surface area contributed by atoms with E-state index in [1.165, 1.54) is 40.5 Å². The number of fused-ring (bicyclic) bond motifs is 1. The number of methoxy groups -OCH3 is 1. The van der Waals surface area contributed by atoms with E-state index in [-0.39, 0.29) is 21.8 Å². The summed E-state index contributed by atoms with van der Waals surface area (Å²) >= 11 is 0. The lowest BCUT2D eigenvalue weighted by atomic mass is 10.1. The standard InChI is InChI=1S/C24H23N3O5S/c1-16-7-5-6-8-20(16)23(28)27(17-9-11-18(32-4)12-10-17)33(30,31)19-13-14-21-22(15-19)26(3)24(29)25(21)2/h5-15H,1-4H3. The van der Waals surface area contributed by atoms with E-state index in [4.69, 9.17) is 4.74 Å². The molecule has 0 spiro atoms. The zero-order chi connectivity index (χ0) is 23.9. The molecule has 0 aliphatic rings. The molecule has 0 bridgehead atoms. The number of aryl methyl sites for hydroxylation is 3. The van der Waals surface area contributed by atoms with Gasteiger partial charge in [-0.05, 0) is 61.0 Å². The molecule has 0 aliphatic carbocycles. The fraction of sp³-hybridized carbons (Fsp3) is 0.167. The van der Waals surface area contributed by atoms with Crippen LogP contribution in [-0.2, 0) is 24.1 Å². The average Bonchev–Trinajstić information content (AvgIpc) is 3.03. The number of benzene rings is 3. The molecule has 4 aromatic rings. The Labute approximate surface area is 191 Å². The van der Waals surface area contributed by atoms with E-state index in [9.17, 15) is 18.0 Å². The highest BCUT2D eigenvalue weighted by atomic mass is 32.2. The summed E-state index contributed by atoms with van der Waals surface area (Å²) in [5.41, 5.74) is 1.85. The van der Waals surface area contributed by atoms with Gasteiger partial charge in [-0.25, -0.2) is 13.2 Å². The number of nitrogens with zero attached hydrogens (tertiary/aromatic N) is 3. The Morgan fingerprint density at radius 3 is 2.18 bits per heavy atom. The van der Waals surface area contributed by atoms with E-state index in [0.29, 0.717) is 22.3 Å². The molecule has 0 saturated carbocycles. The van der Waals surface area contributed by atoms with E-state index in [0.717, 1.165) is 4.31 Å². The molecule has 4 rings (SSSR count). The first-order valence-electron chi connectivity index (χ1n) is 10.1. The topological polar surface area (TPSA) is 90.6 Å². The maximum absolute atomic E-state index is 13.8. The summed E-state index contributed by atoms with van der Waals surface area (Å²) in [6, 6.07) is 17.4. The van der Waals surface area contributed by atoms with Crippen LogP contribution in [0.15, 0.2) is 76.4 Å². The highest BCUT2D eigenvalue weighted by molar-refractivity contribution is 7.93. The third kappa shape index (κ3) is 3.70. The molecule has 8 nitrogen and oxygen atoms in total. The Morgan fingerprint density at radius 2 is 1.55 bits per heavy atom. The monoisotopic (exact) mass is 465 g/mol. The van der Waals surface area contributed by atoms with Gasteiger partial charge in [0.15, 0.2) is 0 Å². The molecule has 0 N–H and O–H groups in total. The van der Waals surface area contributed by atoms with Crippen LogP contribution < -0.4 is 14.7 Å². The molecule has 1 heterocycles. The normalized spacial score (nSPS) is 11.5. The highest BCUT2D eigenvalue weighted by Crippen LogP contribution is 2.29. The molecule has 0 saturated heterocycles. The van der Waals surface area contributed by atoms with Gasteiger partial charge in [0, 0.05) is 19.7 Å². The lowest BCUT2D eigenvalue weighted by Crippen LogP contribution is -2.37. The molecule has 0 unspecified atom stereocenters. The molecule has 0 fully saturated rings. The lowest BCUT2D eigenvalue weighted by molar-refractivity contribution is 0.100. The van der Waals surface area contributed by atoms with Crippen molar-refractivity contribution in [1.82, 2.24) is 9.13 Å². The zero-order valence-electron chi connectivity index (χ0n) is 18.6. The van der Waals surface area contributed by atoms with Gasteiger partial charge in [0.05, 0.1) is 28.7 Å². The molecule has 3 aromatic carbocycles. The van der Waals surface area contributed by atoms with Crippen LogP contribution in [-0.4, -0.2) is 30.6 Å². The Balaban J connectivity index is 1.93. The minimum absolute atomic E-state index is 0.103. The van der Waals surface area contributed by atoms with Gasteiger partial charge in [0.25, 0.3) is 15.9 Å². The summed E-state index contributed by atoms with van der Waals surface area (Å²) in [4.78, 5) is 25.8. The van der Waals surface area contributed by atoms with E-state index < -0.39 is 15.9 Å². The molecule has 0 aliphatic heterocycles. The van der Waals surface area contributed by atoms with Gasteiger partial charge in [0.1, 0.15) is 5.75 Å². The van der Waals surface area contributed by atoms with Gasteiger partial charge < -0.3 is 4.74 Å². The zero-order valence-corrected chi connectivity index (χ0v) is 19.5. The fourth-order valence-electron chi connectivity index (χ4n) is 3.76. The number of hydrogen-bond donors (Lipinski definition) is 0. The second-order valence-electron chi connectivity index (χ2n) is 7.64. The number of amides is 1. The van der Waals surface area contributed by atoms with Crippen molar-refractivity contribution in [3.05, 3.63) is 88.3 Å². The quantitative estimate of drug-likeness (QED) is 0.451. The van der Waals surface area contributed by atoms with Crippen LogP contribution in [0.4, 0.5) is 5.69 Å². The molecule has 9 heteroatoms. The van der Waals surface area contributed by atoms with E-state index in [1.54, 1.807) is 63.5 Å². The number of anilines is 1. The molecule has 0 atom stereocenters. The van der Waals surface area contributed by atoms with Crippen molar-refractivity contribution >= 4 is 32.7 Å². The largest absolute Gasteiger partial charge is 0.497 e. The van der Waals surface area contributed by atoms with Crippen LogP contribution in [0.1, 0.15) is 15.9 Å². The first kappa shape index (κ1) is 22.3. The van der Waals surface area contributed by atoms with E-state index >= 15 is 0 Å². The van der Waals surface area contributed by atoms with Crippen molar-refractivity contribution in [2.75, 3.05) is 11.4 Å². The lowest BCUT2D eigenvalue weighted by Gasteiger charge is -2.24. The van der Waals surface area contributed by atoms with Gasteiger partial charge in [0.2, 0.25) is 0 Å². The van der Waals surface area contributed by atoms with Crippen molar-refractivity contribution < 1.29 is 17.9 Å². The van der Waals surface area contributed by atoms with Crippen molar-refractivity contribution in [1.29, 1.82) is 0 Å². The second-order valence-corrected chi connectivity index (χ2v) is 9.43. The van der Waals surface area contributed by atoms with E-state index in [1.807, 2.05) is 0 Å². The number of rotatable bonds is 5. The van der Waals surface area contributed by atoms with Crippen molar-refractivity contribution in [3.8, 4) is 5.75 Å². The summed E-state index contributed by atoms with van der Waals surface area (Å²) in [6.45, 7) is 1.75. The Kier molecular flexibility index (Phi) is 5.59. The minimum Gasteiger partial charge on any atom is -0.497 e. The van der Waals surface area contributed by atoms with Gasteiger partial charge >= 0.3 is 5.69 Å². The predicted octanol–water partition coefficient (Wildman–Crippen LogP) is 3.23. The fourth-order valence-corrected chi connectivity index (χ4v) is 5.18. The first-order valence-corrected chi connectivity index (χ1v) is 11.6. The molecule has 1 aromatic heterocycles. The molecule has 1 amide bonds. The second kappa shape index (κ2) is 8.25. The summed E-state index contributed by atoms with van der Waals surface area (Å²) in [7, 11) is 0.356. The summed E-state index contributed by atoms with van der Waals surface area (Å²) in [6.07, 6.45) is 0. The minimum atomic E-state index is -4.33.